The van der Waals surface area contributed by atoms with Crippen molar-refractivity contribution in [2.45, 2.75) is 86.5 Å². The van der Waals surface area contributed by atoms with Crippen molar-refractivity contribution >= 4 is 21.8 Å². The Kier molecular flexibility index (Phi) is 10.3. The predicted molar refractivity (Wildman–Crippen MR) is 217 cm³/mol. The van der Waals surface area contributed by atoms with Crippen molar-refractivity contribution < 1.29 is 4.74 Å². The molecule has 7 rings (SSSR count). The minimum Gasteiger partial charge on any atom is -0.457 e. The molecule has 0 spiro atoms. The molecule has 3 aromatic heterocycles. The molecule has 1 atom stereocenters. The van der Waals surface area contributed by atoms with Crippen LogP contribution in [0.25, 0.3) is 44.4 Å². The Hall–Kier alpha value is -5.16. The minimum absolute atomic E-state index is 0.500. The largest absolute Gasteiger partial charge is 0.457 e. The first kappa shape index (κ1) is 35.3. The number of aryl methyl sites for hydroxylation is 2. The van der Waals surface area contributed by atoms with Gasteiger partial charge in [0.05, 0.1) is 22.4 Å². The third-order valence-electron chi connectivity index (χ3n) is 10.5. The zero-order chi connectivity index (χ0) is 36.4. The van der Waals surface area contributed by atoms with E-state index in [4.69, 9.17) is 14.8 Å². The Morgan fingerprint density at radius 3 is 2.25 bits per heavy atom. The normalized spacial score (nSPS) is 12.4. The van der Waals surface area contributed by atoms with E-state index in [1.807, 2.05) is 29.1 Å². The first-order valence-corrected chi connectivity index (χ1v) is 19.1. The number of aromatic nitrogens is 4. The molecule has 5 nitrogen and oxygen atoms in total. The molecule has 0 amide bonds. The summed E-state index contributed by atoms with van der Waals surface area (Å²) >= 11 is 0. The molecule has 0 aliphatic heterocycles. The second-order valence-electron chi connectivity index (χ2n) is 15.4. The molecule has 1 unspecified atom stereocenters. The highest BCUT2D eigenvalue weighted by Crippen LogP contribution is 2.38. The van der Waals surface area contributed by atoms with Gasteiger partial charge in [0.1, 0.15) is 17.3 Å². The predicted octanol–water partition coefficient (Wildman–Crippen LogP) is 13.0. The molecule has 4 aromatic carbocycles. The van der Waals surface area contributed by atoms with Crippen LogP contribution in [0.4, 0.5) is 0 Å². The Morgan fingerprint density at radius 1 is 0.673 bits per heavy atom. The van der Waals surface area contributed by atoms with Gasteiger partial charge in [-0.1, -0.05) is 89.9 Å². The highest BCUT2D eigenvalue weighted by atomic mass is 16.5. The standard InChI is InChI=1S/C47H52N4O/c1-31(2)13-11-14-33(5)38-21-24-44-43(28-38)42-23-22-41(30-45(42)50(44)46-27-36(25-26-48-46)20-19-32(3)4)52-40-18-12-17-39(29-40)51-35(7)47(34(6)49-51)37-15-9-8-10-16-37/h8-10,12,15-18,21-33H,11,13-14,19-20H2,1-7H3. The third-order valence-corrected chi connectivity index (χ3v) is 10.5. The summed E-state index contributed by atoms with van der Waals surface area (Å²) in [4.78, 5) is 4.93. The van der Waals surface area contributed by atoms with Crippen LogP contribution >= 0.6 is 0 Å². The quantitative estimate of drug-likeness (QED) is 0.121. The average Bonchev–Trinajstić information content (AvgIpc) is 3.63. The van der Waals surface area contributed by atoms with Gasteiger partial charge < -0.3 is 4.74 Å². The van der Waals surface area contributed by atoms with Gasteiger partial charge in [-0.15, -0.1) is 0 Å². The lowest BCUT2D eigenvalue weighted by molar-refractivity contribution is 0.482. The summed E-state index contributed by atoms with van der Waals surface area (Å²) < 4.78 is 11.0. The number of benzene rings is 4. The van der Waals surface area contributed by atoms with Gasteiger partial charge in [-0.05, 0) is 116 Å². The first-order valence-electron chi connectivity index (χ1n) is 19.1. The number of rotatable bonds is 13. The Balaban J connectivity index is 1.27. The van der Waals surface area contributed by atoms with E-state index >= 15 is 0 Å². The monoisotopic (exact) mass is 688 g/mol. The highest BCUT2D eigenvalue weighted by Gasteiger charge is 2.18. The Bertz CT molecular complexity index is 2310. The molecule has 0 fully saturated rings. The number of pyridine rings is 1. The van der Waals surface area contributed by atoms with Gasteiger partial charge in [-0.25, -0.2) is 9.67 Å². The lowest BCUT2D eigenvalue weighted by atomic mass is 9.92. The fourth-order valence-corrected chi connectivity index (χ4v) is 7.56. The molecule has 0 radical (unpaired) electrons. The van der Waals surface area contributed by atoms with E-state index in [1.54, 1.807) is 0 Å². The Morgan fingerprint density at radius 2 is 1.46 bits per heavy atom. The van der Waals surface area contributed by atoms with Crippen molar-refractivity contribution in [3.63, 3.8) is 0 Å². The maximum atomic E-state index is 6.64. The van der Waals surface area contributed by atoms with E-state index in [2.05, 4.69) is 138 Å². The van der Waals surface area contributed by atoms with Crippen LogP contribution < -0.4 is 4.74 Å². The molecule has 266 valence electrons. The molecule has 7 aromatic rings. The van der Waals surface area contributed by atoms with Crippen LogP contribution in [-0.4, -0.2) is 19.3 Å². The van der Waals surface area contributed by atoms with Gasteiger partial charge in [-0.3, -0.25) is 4.57 Å². The molecule has 0 bridgehead atoms. The van der Waals surface area contributed by atoms with E-state index in [0.717, 1.165) is 58.7 Å². The van der Waals surface area contributed by atoms with Crippen molar-refractivity contribution in [2.75, 3.05) is 0 Å². The van der Waals surface area contributed by atoms with Gasteiger partial charge in [0.15, 0.2) is 0 Å². The minimum atomic E-state index is 0.500. The topological polar surface area (TPSA) is 44.9 Å². The molecule has 3 heterocycles. The zero-order valence-electron chi connectivity index (χ0n) is 31.9. The van der Waals surface area contributed by atoms with E-state index in [1.165, 1.54) is 57.8 Å². The van der Waals surface area contributed by atoms with Crippen molar-refractivity contribution in [3.05, 3.63) is 132 Å². The van der Waals surface area contributed by atoms with Crippen LogP contribution in [0, 0.1) is 25.7 Å². The van der Waals surface area contributed by atoms with Crippen LogP contribution in [0.3, 0.4) is 0 Å². The van der Waals surface area contributed by atoms with Crippen molar-refractivity contribution in [3.8, 4) is 34.1 Å². The van der Waals surface area contributed by atoms with E-state index < -0.39 is 0 Å². The lowest BCUT2D eigenvalue weighted by Crippen LogP contribution is -2.01. The SMILES string of the molecule is Cc1nn(-c2cccc(Oc3ccc4c5cc(C(C)CCCC(C)C)ccc5n(-c5cc(CCC(C)C)ccn5)c4c3)c2)c(C)c1-c1ccccc1. The number of nitrogens with zero attached hydrogens (tertiary/aromatic N) is 4. The highest BCUT2D eigenvalue weighted by molar-refractivity contribution is 6.09. The molecule has 0 aliphatic rings. The fraction of sp³-hybridized carbons (Fsp3) is 0.319. The zero-order valence-corrected chi connectivity index (χ0v) is 31.9. The summed E-state index contributed by atoms with van der Waals surface area (Å²) in [6, 6.07) is 36.6. The number of fused-ring (bicyclic) bond motifs is 3. The van der Waals surface area contributed by atoms with Gasteiger partial charge in [0.25, 0.3) is 0 Å². The lowest BCUT2D eigenvalue weighted by Gasteiger charge is -2.14. The van der Waals surface area contributed by atoms with E-state index in [-0.39, 0.29) is 0 Å². The number of ether oxygens (including phenoxy) is 1. The van der Waals surface area contributed by atoms with Crippen LogP contribution in [-0.2, 0) is 6.42 Å². The van der Waals surface area contributed by atoms with Crippen LogP contribution in [0.2, 0.25) is 0 Å². The molecule has 0 aliphatic carbocycles. The second kappa shape index (κ2) is 15.2. The smallest absolute Gasteiger partial charge is 0.137 e. The number of hydrogen-bond acceptors (Lipinski definition) is 3. The van der Waals surface area contributed by atoms with Crippen LogP contribution in [0.1, 0.15) is 88.7 Å². The van der Waals surface area contributed by atoms with Gasteiger partial charge in [0, 0.05) is 40.4 Å². The summed E-state index contributed by atoms with van der Waals surface area (Å²) in [6.45, 7) is 15.8. The molecule has 52 heavy (non-hydrogen) atoms. The Labute approximate surface area is 309 Å². The summed E-state index contributed by atoms with van der Waals surface area (Å²) in [5.41, 5.74) is 10.4. The fourth-order valence-electron chi connectivity index (χ4n) is 7.56. The molecule has 5 heteroatoms. The van der Waals surface area contributed by atoms with Gasteiger partial charge in [0.2, 0.25) is 0 Å². The molecule has 0 saturated heterocycles. The van der Waals surface area contributed by atoms with E-state index in [9.17, 15) is 0 Å². The van der Waals surface area contributed by atoms with Crippen molar-refractivity contribution in [1.82, 2.24) is 19.3 Å². The number of hydrogen-bond donors (Lipinski definition) is 0. The summed E-state index contributed by atoms with van der Waals surface area (Å²) in [7, 11) is 0. The molecular formula is C47H52N4O. The second-order valence-corrected chi connectivity index (χ2v) is 15.4. The first-order chi connectivity index (χ1) is 25.2. The molecule has 0 N–H and O–H groups in total. The maximum Gasteiger partial charge on any atom is 0.137 e. The maximum absolute atomic E-state index is 6.64. The van der Waals surface area contributed by atoms with Crippen LogP contribution in [0.15, 0.2) is 109 Å². The van der Waals surface area contributed by atoms with E-state index in [0.29, 0.717) is 11.8 Å². The van der Waals surface area contributed by atoms with Crippen molar-refractivity contribution in [2.24, 2.45) is 11.8 Å². The van der Waals surface area contributed by atoms with Crippen molar-refractivity contribution in [1.29, 1.82) is 0 Å². The summed E-state index contributed by atoms with van der Waals surface area (Å²) in [6.07, 6.45) is 7.87. The summed E-state index contributed by atoms with van der Waals surface area (Å²) in [5, 5.41) is 7.40. The van der Waals surface area contributed by atoms with Crippen LogP contribution in [0.5, 0.6) is 11.5 Å². The van der Waals surface area contributed by atoms with Gasteiger partial charge >= 0.3 is 0 Å². The van der Waals surface area contributed by atoms with Gasteiger partial charge in [-0.2, -0.15) is 5.10 Å². The molecular weight excluding hydrogens is 637 g/mol. The molecule has 0 saturated carbocycles. The third kappa shape index (κ3) is 7.41. The average molecular weight is 689 g/mol. The summed E-state index contributed by atoms with van der Waals surface area (Å²) in [5.74, 6) is 4.37.